The number of aryl methyl sites for hydroxylation is 1. The van der Waals surface area contributed by atoms with Crippen molar-refractivity contribution < 1.29 is 13.5 Å². The number of benzene rings is 2. The number of rotatable bonds is 9. The summed E-state index contributed by atoms with van der Waals surface area (Å²) in [7, 11) is -3.20. The van der Waals surface area contributed by atoms with Gasteiger partial charge in [0.2, 0.25) is 10.0 Å². The van der Waals surface area contributed by atoms with E-state index in [0.717, 1.165) is 46.0 Å². The number of nitrogens with two attached hydrogens (primary N) is 1. The van der Waals surface area contributed by atoms with Gasteiger partial charge in [-0.2, -0.15) is 0 Å². The van der Waals surface area contributed by atoms with Crippen LogP contribution < -0.4 is 10.5 Å². The number of unbranched alkanes of at least 4 members (excludes halogenated alkanes) is 1. The lowest BCUT2D eigenvalue weighted by atomic mass is 10.0. The van der Waals surface area contributed by atoms with Crippen LogP contribution in [0.15, 0.2) is 48.5 Å². The fourth-order valence-corrected chi connectivity index (χ4v) is 4.47. The van der Waals surface area contributed by atoms with Gasteiger partial charge in [0.1, 0.15) is 11.3 Å². The summed E-state index contributed by atoms with van der Waals surface area (Å²) in [4.78, 5) is 9.28. The molecule has 168 valence electrons. The molecular weight excluding hydrogens is 426 g/mol. The molecule has 4 rings (SSSR count). The second kappa shape index (κ2) is 9.23. The Labute approximate surface area is 187 Å². The minimum atomic E-state index is -3.20. The van der Waals surface area contributed by atoms with E-state index in [-0.39, 0.29) is 6.61 Å². The molecule has 0 amide bonds. The Morgan fingerprint density at radius 2 is 1.84 bits per heavy atom. The molecule has 2 heterocycles. The van der Waals surface area contributed by atoms with E-state index in [1.165, 1.54) is 0 Å². The predicted octanol–water partition coefficient (Wildman–Crippen LogP) is 2.70. The lowest BCUT2D eigenvalue weighted by molar-refractivity contribution is 0.294. The van der Waals surface area contributed by atoms with E-state index < -0.39 is 10.0 Å². The number of aromatic nitrogens is 3. The summed E-state index contributed by atoms with van der Waals surface area (Å²) in [6.07, 6.45) is 2.99. The van der Waals surface area contributed by atoms with Crippen molar-refractivity contribution >= 4 is 37.8 Å². The van der Waals surface area contributed by atoms with Gasteiger partial charge in [-0.15, -0.1) is 0 Å². The first-order valence-corrected chi connectivity index (χ1v) is 12.5. The van der Waals surface area contributed by atoms with Crippen LogP contribution in [0.4, 0.5) is 5.82 Å². The van der Waals surface area contributed by atoms with E-state index in [0.29, 0.717) is 37.3 Å². The summed E-state index contributed by atoms with van der Waals surface area (Å²) in [5, 5.41) is 10.5. The minimum absolute atomic E-state index is 0.0254. The molecule has 0 aliphatic carbocycles. The quantitative estimate of drug-likeness (QED) is 0.335. The fraction of sp³-hybridized carbons (Fsp3) is 0.304. The molecule has 32 heavy (non-hydrogen) atoms. The molecule has 0 bridgehead atoms. The average molecular weight is 454 g/mol. The molecule has 0 fully saturated rings. The number of aliphatic hydroxyl groups excluding tert-OH is 1. The van der Waals surface area contributed by atoms with Crippen molar-refractivity contribution in [3.63, 3.8) is 0 Å². The second-order valence-corrected chi connectivity index (χ2v) is 9.65. The number of nitrogens with zero attached hydrogens (tertiary/aromatic N) is 3. The average Bonchev–Trinajstić information content (AvgIpc) is 3.12. The molecule has 0 atom stereocenters. The van der Waals surface area contributed by atoms with Gasteiger partial charge in [0.25, 0.3) is 0 Å². The maximum absolute atomic E-state index is 11.3. The van der Waals surface area contributed by atoms with Crippen LogP contribution in [0.5, 0.6) is 0 Å². The van der Waals surface area contributed by atoms with Gasteiger partial charge in [-0.3, -0.25) is 0 Å². The number of hydrogen-bond donors (Lipinski definition) is 3. The number of fused-ring (bicyclic) bond motifs is 3. The summed E-state index contributed by atoms with van der Waals surface area (Å²) in [5.41, 5.74) is 10.7. The van der Waals surface area contributed by atoms with Crippen LogP contribution in [0.25, 0.3) is 33.1 Å². The van der Waals surface area contributed by atoms with E-state index in [1.807, 2.05) is 30.3 Å². The van der Waals surface area contributed by atoms with Gasteiger partial charge >= 0.3 is 0 Å². The highest BCUT2D eigenvalue weighted by Crippen LogP contribution is 2.32. The van der Waals surface area contributed by atoms with Crippen molar-refractivity contribution in [3.8, 4) is 11.1 Å². The van der Waals surface area contributed by atoms with Crippen molar-refractivity contribution in [1.29, 1.82) is 0 Å². The highest BCUT2D eigenvalue weighted by molar-refractivity contribution is 7.88. The van der Waals surface area contributed by atoms with Crippen molar-refractivity contribution in [2.45, 2.75) is 25.8 Å². The molecular formula is C23H27N5O3S. The molecule has 0 unspecified atom stereocenters. The normalized spacial score (nSPS) is 12.1. The van der Waals surface area contributed by atoms with Gasteiger partial charge in [0, 0.05) is 24.9 Å². The maximum Gasteiger partial charge on any atom is 0.208 e. The Bertz CT molecular complexity index is 1350. The summed E-state index contributed by atoms with van der Waals surface area (Å²) in [6.45, 7) is 0.990. The highest BCUT2D eigenvalue weighted by atomic mass is 32.2. The van der Waals surface area contributed by atoms with Crippen LogP contribution in [-0.2, 0) is 23.0 Å². The second-order valence-electron chi connectivity index (χ2n) is 7.82. The Morgan fingerprint density at radius 3 is 2.56 bits per heavy atom. The molecule has 0 spiro atoms. The van der Waals surface area contributed by atoms with Gasteiger partial charge in [-0.25, -0.2) is 23.1 Å². The van der Waals surface area contributed by atoms with E-state index >= 15 is 0 Å². The molecule has 2 aromatic heterocycles. The Morgan fingerprint density at radius 1 is 1.06 bits per heavy atom. The van der Waals surface area contributed by atoms with Crippen molar-refractivity contribution in [1.82, 2.24) is 19.3 Å². The van der Waals surface area contributed by atoms with E-state index in [2.05, 4.69) is 37.5 Å². The number of nitrogen functional groups attached to an aromatic ring is 1. The number of sulfonamides is 1. The van der Waals surface area contributed by atoms with Gasteiger partial charge in [-0.05, 0) is 30.0 Å². The van der Waals surface area contributed by atoms with Crippen LogP contribution in [0, 0.1) is 0 Å². The third-order valence-corrected chi connectivity index (χ3v) is 6.13. The summed E-state index contributed by atoms with van der Waals surface area (Å²) < 4.78 is 27.1. The minimum Gasteiger partial charge on any atom is -0.396 e. The fourth-order valence-electron chi connectivity index (χ4n) is 3.95. The molecule has 2 aromatic carbocycles. The summed E-state index contributed by atoms with van der Waals surface area (Å²) in [6, 6.07) is 16.2. The zero-order chi connectivity index (χ0) is 22.7. The third kappa shape index (κ3) is 4.74. The first kappa shape index (κ1) is 22.2. The molecule has 4 aromatic rings. The van der Waals surface area contributed by atoms with E-state index in [4.69, 9.17) is 5.73 Å². The maximum atomic E-state index is 11.3. The van der Waals surface area contributed by atoms with Crippen LogP contribution >= 0.6 is 0 Å². The Kier molecular flexibility index (Phi) is 6.40. The first-order valence-electron chi connectivity index (χ1n) is 10.6. The zero-order valence-corrected chi connectivity index (χ0v) is 18.8. The van der Waals surface area contributed by atoms with Crippen LogP contribution in [0.2, 0.25) is 0 Å². The Balaban J connectivity index is 1.74. The van der Waals surface area contributed by atoms with Crippen molar-refractivity contribution in [2.75, 3.05) is 25.1 Å². The molecule has 0 aliphatic rings. The smallest absolute Gasteiger partial charge is 0.208 e. The van der Waals surface area contributed by atoms with E-state index in [9.17, 15) is 13.5 Å². The summed E-state index contributed by atoms with van der Waals surface area (Å²) in [5.74, 6) is 1.10. The number of hydrogen-bond acceptors (Lipinski definition) is 6. The molecule has 4 N–H and O–H groups in total. The third-order valence-electron chi connectivity index (χ3n) is 5.40. The van der Waals surface area contributed by atoms with Gasteiger partial charge in [0.05, 0.1) is 23.9 Å². The molecule has 9 heteroatoms. The SMILES string of the molecule is CS(=O)(=O)NCCCCn1c(CCO)nc2c(N)nc3cc(-c4ccccc4)ccc3c21. The van der Waals surface area contributed by atoms with Crippen LogP contribution in [0.3, 0.4) is 0 Å². The standard InChI is InChI=1S/C23H27N5O3S/c1-32(30,31)25-12-5-6-13-28-20(11-14-29)27-21-22(28)18-10-9-17(15-19(18)26-23(21)24)16-7-3-2-4-8-16/h2-4,7-10,15,25,29H,5-6,11-14H2,1H3,(H2,24,26). The van der Waals surface area contributed by atoms with Gasteiger partial charge in [-0.1, -0.05) is 42.5 Å². The van der Waals surface area contributed by atoms with Gasteiger partial charge < -0.3 is 15.4 Å². The zero-order valence-electron chi connectivity index (χ0n) is 18.0. The predicted molar refractivity (Wildman–Crippen MR) is 128 cm³/mol. The molecule has 0 radical (unpaired) electrons. The lowest BCUT2D eigenvalue weighted by Gasteiger charge is -2.11. The number of imidazole rings is 1. The van der Waals surface area contributed by atoms with E-state index in [1.54, 1.807) is 0 Å². The number of aliphatic hydroxyl groups is 1. The lowest BCUT2D eigenvalue weighted by Crippen LogP contribution is -2.23. The van der Waals surface area contributed by atoms with Crippen molar-refractivity contribution in [2.24, 2.45) is 0 Å². The Hall–Kier alpha value is -3.01. The topological polar surface area (TPSA) is 123 Å². The number of anilines is 1. The molecule has 0 saturated heterocycles. The van der Waals surface area contributed by atoms with Crippen LogP contribution in [0.1, 0.15) is 18.7 Å². The molecule has 0 aliphatic heterocycles. The largest absolute Gasteiger partial charge is 0.396 e. The highest BCUT2D eigenvalue weighted by Gasteiger charge is 2.17. The van der Waals surface area contributed by atoms with Crippen LogP contribution in [-0.4, -0.2) is 47.5 Å². The molecule has 8 nitrogen and oxygen atoms in total. The molecule has 0 saturated carbocycles. The monoisotopic (exact) mass is 453 g/mol. The van der Waals surface area contributed by atoms with Crippen molar-refractivity contribution in [3.05, 3.63) is 54.4 Å². The van der Waals surface area contributed by atoms with Gasteiger partial charge in [0.15, 0.2) is 5.82 Å². The first-order chi connectivity index (χ1) is 15.4. The number of nitrogens with one attached hydrogen (secondary N) is 1. The number of pyridine rings is 1. The summed E-state index contributed by atoms with van der Waals surface area (Å²) >= 11 is 0.